The van der Waals surface area contributed by atoms with Crippen LogP contribution in [0.2, 0.25) is 0 Å². The van der Waals surface area contributed by atoms with Gasteiger partial charge in [0.25, 0.3) is 0 Å². The number of fused-ring (bicyclic) bond motifs is 2. The fourth-order valence-corrected chi connectivity index (χ4v) is 4.15. The second kappa shape index (κ2) is 7.71. The van der Waals surface area contributed by atoms with Gasteiger partial charge in [0.15, 0.2) is 5.82 Å². The van der Waals surface area contributed by atoms with E-state index in [2.05, 4.69) is 83.8 Å². The number of pyridine rings is 1. The first-order valence-corrected chi connectivity index (χ1v) is 10.6. The van der Waals surface area contributed by atoms with Crippen LogP contribution in [0.5, 0.6) is 0 Å². The Morgan fingerprint density at radius 2 is 1.22 bits per heavy atom. The predicted octanol–water partition coefficient (Wildman–Crippen LogP) is 7.18. The summed E-state index contributed by atoms with van der Waals surface area (Å²) in [7, 11) is 0. The zero-order chi connectivity index (χ0) is 21.3. The van der Waals surface area contributed by atoms with E-state index >= 15 is 0 Å². The van der Waals surface area contributed by atoms with Crippen molar-refractivity contribution < 1.29 is 0 Å². The van der Waals surface area contributed by atoms with Crippen molar-refractivity contribution in [2.24, 2.45) is 0 Å². The first kappa shape index (κ1) is 18.4. The Morgan fingerprint density at radius 1 is 0.500 bits per heavy atom. The van der Waals surface area contributed by atoms with Crippen molar-refractivity contribution >= 4 is 21.8 Å². The molecule has 0 N–H and O–H groups in total. The second-order valence-electron chi connectivity index (χ2n) is 7.74. The van der Waals surface area contributed by atoms with E-state index in [0.717, 1.165) is 38.6 Å². The third kappa shape index (κ3) is 3.21. The van der Waals surface area contributed by atoms with Gasteiger partial charge < -0.3 is 0 Å². The maximum absolute atomic E-state index is 5.04. The Hall–Kier alpha value is -4.37. The Bertz CT molecular complexity index is 1550. The summed E-state index contributed by atoms with van der Waals surface area (Å²) in [5.41, 5.74) is 7.15. The molecule has 0 saturated heterocycles. The molecule has 0 aliphatic rings. The van der Waals surface area contributed by atoms with Crippen molar-refractivity contribution in [2.75, 3.05) is 0 Å². The van der Waals surface area contributed by atoms with E-state index in [4.69, 9.17) is 9.97 Å². The zero-order valence-electron chi connectivity index (χ0n) is 17.3. The molecule has 6 aromatic rings. The van der Waals surface area contributed by atoms with E-state index in [9.17, 15) is 0 Å². The lowest BCUT2D eigenvalue weighted by molar-refractivity contribution is 1.23. The molecule has 2 heterocycles. The molecule has 0 bridgehead atoms. The summed E-state index contributed by atoms with van der Waals surface area (Å²) in [6.45, 7) is 0. The van der Waals surface area contributed by atoms with Crippen molar-refractivity contribution in [1.82, 2.24) is 15.0 Å². The summed E-state index contributed by atoms with van der Waals surface area (Å²) < 4.78 is 0. The van der Waals surface area contributed by atoms with Crippen LogP contribution >= 0.6 is 0 Å². The van der Waals surface area contributed by atoms with Crippen molar-refractivity contribution in [3.8, 4) is 33.8 Å². The maximum Gasteiger partial charge on any atom is 0.160 e. The van der Waals surface area contributed by atoms with Gasteiger partial charge in [0.2, 0.25) is 0 Å². The van der Waals surface area contributed by atoms with Crippen molar-refractivity contribution in [3.05, 3.63) is 115 Å². The smallest absolute Gasteiger partial charge is 0.160 e. The van der Waals surface area contributed by atoms with E-state index < -0.39 is 0 Å². The normalized spacial score (nSPS) is 11.1. The van der Waals surface area contributed by atoms with Gasteiger partial charge in [-0.25, -0.2) is 9.97 Å². The molecule has 0 unspecified atom stereocenters. The molecule has 150 valence electrons. The number of hydrogen-bond acceptors (Lipinski definition) is 3. The number of hydrogen-bond donors (Lipinski definition) is 0. The molecule has 0 fully saturated rings. The summed E-state index contributed by atoms with van der Waals surface area (Å²) >= 11 is 0. The number of aromatic nitrogens is 3. The van der Waals surface area contributed by atoms with Crippen LogP contribution in [0.15, 0.2) is 115 Å². The topological polar surface area (TPSA) is 38.7 Å². The molecule has 0 radical (unpaired) electrons. The molecule has 6 rings (SSSR count). The van der Waals surface area contributed by atoms with Crippen LogP contribution in [0.25, 0.3) is 55.6 Å². The van der Waals surface area contributed by atoms with Gasteiger partial charge in [0.05, 0.1) is 16.7 Å². The lowest BCUT2D eigenvalue weighted by Crippen LogP contribution is -1.96. The van der Waals surface area contributed by atoms with Gasteiger partial charge in [-0.3, -0.25) is 4.98 Å². The first-order chi connectivity index (χ1) is 15.9. The Kier molecular flexibility index (Phi) is 4.43. The van der Waals surface area contributed by atoms with Gasteiger partial charge in [-0.2, -0.15) is 0 Å². The lowest BCUT2D eigenvalue weighted by atomic mass is 10.0. The molecule has 0 spiro atoms. The molecule has 4 aromatic carbocycles. The molecule has 3 heteroatoms. The van der Waals surface area contributed by atoms with Crippen LogP contribution in [0.3, 0.4) is 0 Å². The standard InChI is InChI=1S/C29H19N3/c1-2-8-20(9-3-1)21-15-17-23(18-16-21)29-31-26-14-5-4-12-24(26)28(32-29)25-13-6-10-22-11-7-19-30-27(22)25/h1-19H. The second-order valence-corrected chi connectivity index (χ2v) is 7.74. The number of para-hydroxylation sites is 2. The lowest BCUT2D eigenvalue weighted by Gasteiger charge is -2.11. The SMILES string of the molecule is c1ccc(-c2ccc(-c3nc(-c4cccc5cccnc45)c4ccccc4n3)cc2)cc1. The van der Waals surface area contributed by atoms with Gasteiger partial charge in [0.1, 0.15) is 0 Å². The van der Waals surface area contributed by atoms with Crippen LogP contribution in [0.1, 0.15) is 0 Å². The molecule has 0 aliphatic carbocycles. The fraction of sp³-hybridized carbons (Fsp3) is 0. The largest absolute Gasteiger partial charge is 0.256 e. The highest BCUT2D eigenvalue weighted by atomic mass is 14.9. The summed E-state index contributed by atoms with van der Waals surface area (Å²) in [6, 6.07) is 37.3. The average molecular weight is 409 g/mol. The molecule has 0 amide bonds. The molecule has 0 aliphatic heterocycles. The zero-order valence-corrected chi connectivity index (χ0v) is 17.3. The fourth-order valence-electron chi connectivity index (χ4n) is 4.15. The van der Waals surface area contributed by atoms with E-state index in [1.165, 1.54) is 11.1 Å². The van der Waals surface area contributed by atoms with E-state index in [1.807, 2.05) is 36.5 Å². The van der Waals surface area contributed by atoms with Crippen LogP contribution in [0.4, 0.5) is 0 Å². The van der Waals surface area contributed by atoms with Gasteiger partial charge >= 0.3 is 0 Å². The van der Waals surface area contributed by atoms with Gasteiger partial charge in [-0.1, -0.05) is 97.1 Å². The summed E-state index contributed by atoms with van der Waals surface area (Å²) in [6.07, 6.45) is 1.83. The minimum atomic E-state index is 0.714. The highest BCUT2D eigenvalue weighted by Gasteiger charge is 2.14. The quantitative estimate of drug-likeness (QED) is 0.311. The molecular weight excluding hydrogens is 390 g/mol. The average Bonchev–Trinajstić information content (AvgIpc) is 2.88. The van der Waals surface area contributed by atoms with Crippen LogP contribution in [-0.4, -0.2) is 15.0 Å². The van der Waals surface area contributed by atoms with E-state index in [1.54, 1.807) is 0 Å². The minimum absolute atomic E-state index is 0.714. The maximum atomic E-state index is 5.04. The molecule has 0 saturated carbocycles. The molecule has 3 nitrogen and oxygen atoms in total. The van der Waals surface area contributed by atoms with E-state index in [0.29, 0.717) is 5.82 Å². The Balaban J connectivity index is 1.54. The predicted molar refractivity (Wildman–Crippen MR) is 131 cm³/mol. The molecule has 2 aromatic heterocycles. The Morgan fingerprint density at radius 3 is 2.09 bits per heavy atom. The van der Waals surface area contributed by atoms with Crippen molar-refractivity contribution in [2.45, 2.75) is 0 Å². The molecule has 32 heavy (non-hydrogen) atoms. The third-order valence-corrected chi connectivity index (χ3v) is 5.74. The van der Waals surface area contributed by atoms with Crippen LogP contribution < -0.4 is 0 Å². The van der Waals surface area contributed by atoms with Crippen LogP contribution in [0, 0.1) is 0 Å². The van der Waals surface area contributed by atoms with Crippen molar-refractivity contribution in [1.29, 1.82) is 0 Å². The van der Waals surface area contributed by atoms with Gasteiger partial charge in [0, 0.05) is 28.1 Å². The Labute approximate surface area is 186 Å². The monoisotopic (exact) mass is 409 g/mol. The number of rotatable bonds is 3. The number of benzene rings is 4. The third-order valence-electron chi connectivity index (χ3n) is 5.74. The number of nitrogens with zero attached hydrogens (tertiary/aromatic N) is 3. The summed E-state index contributed by atoms with van der Waals surface area (Å²) in [4.78, 5) is 14.6. The van der Waals surface area contributed by atoms with Crippen molar-refractivity contribution in [3.63, 3.8) is 0 Å². The van der Waals surface area contributed by atoms with Gasteiger partial charge in [-0.15, -0.1) is 0 Å². The van der Waals surface area contributed by atoms with E-state index in [-0.39, 0.29) is 0 Å². The highest BCUT2D eigenvalue weighted by Crippen LogP contribution is 2.33. The first-order valence-electron chi connectivity index (χ1n) is 10.6. The summed E-state index contributed by atoms with van der Waals surface area (Å²) in [5, 5.41) is 2.12. The van der Waals surface area contributed by atoms with Gasteiger partial charge in [-0.05, 0) is 23.3 Å². The minimum Gasteiger partial charge on any atom is -0.256 e. The summed E-state index contributed by atoms with van der Waals surface area (Å²) in [5.74, 6) is 0.714. The highest BCUT2D eigenvalue weighted by molar-refractivity contribution is 6.01. The molecule has 0 atom stereocenters. The van der Waals surface area contributed by atoms with Crippen LogP contribution in [-0.2, 0) is 0 Å². The molecular formula is C29H19N3.